The maximum atomic E-state index is 5.44. The lowest BCUT2D eigenvalue weighted by molar-refractivity contribution is 0.268. The van der Waals surface area contributed by atoms with Gasteiger partial charge in [0.05, 0.1) is 5.71 Å². The first kappa shape index (κ1) is 13.4. The van der Waals surface area contributed by atoms with E-state index in [-0.39, 0.29) is 0 Å². The Labute approximate surface area is 92.4 Å². The van der Waals surface area contributed by atoms with E-state index in [2.05, 4.69) is 18.2 Å². The lowest BCUT2D eigenvalue weighted by atomic mass is 10.3. The average Bonchev–Trinajstić information content (AvgIpc) is 2.19. The molecule has 0 bridgehead atoms. The summed E-state index contributed by atoms with van der Waals surface area (Å²) in [5, 5.41) is 0. The zero-order valence-corrected chi connectivity index (χ0v) is 9.79. The Kier molecular flexibility index (Phi) is 6.98. The van der Waals surface area contributed by atoms with Crippen LogP contribution >= 0.6 is 0 Å². The van der Waals surface area contributed by atoms with Crippen LogP contribution in [0.4, 0.5) is 0 Å². The van der Waals surface area contributed by atoms with Gasteiger partial charge in [-0.15, -0.1) is 0 Å². The molecule has 0 amide bonds. The predicted octanol–water partition coefficient (Wildman–Crippen LogP) is 3.64. The smallest absolute Gasteiger partial charge is 0.136 e. The van der Waals surface area contributed by atoms with Crippen LogP contribution in [0.15, 0.2) is 53.9 Å². The van der Waals surface area contributed by atoms with Crippen LogP contribution in [0.2, 0.25) is 0 Å². The topological polar surface area (TPSA) is 21.6 Å². The Balaban J connectivity index is 4.64. The second-order valence-electron chi connectivity index (χ2n) is 2.99. The number of hydrogen-bond acceptors (Lipinski definition) is 2. The summed E-state index contributed by atoms with van der Waals surface area (Å²) in [7, 11) is 0. The van der Waals surface area contributed by atoms with Gasteiger partial charge < -0.3 is 4.74 Å². The van der Waals surface area contributed by atoms with Crippen molar-refractivity contribution in [2.45, 2.75) is 20.8 Å². The van der Waals surface area contributed by atoms with Crippen molar-refractivity contribution >= 4 is 5.71 Å². The maximum Gasteiger partial charge on any atom is 0.136 e. The molecule has 15 heavy (non-hydrogen) atoms. The van der Waals surface area contributed by atoms with E-state index in [4.69, 9.17) is 4.74 Å². The van der Waals surface area contributed by atoms with Crippen molar-refractivity contribution in [2.24, 2.45) is 4.99 Å². The molecule has 0 atom stereocenters. The molecular weight excluding hydrogens is 186 g/mol. The van der Waals surface area contributed by atoms with Gasteiger partial charge in [0.2, 0.25) is 0 Å². The molecule has 0 aromatic heterocycles. The fraction of sp³-hybridized carbons (Fsp3) is 0.308. The highest BCUT2D eigenvalue weighted by molar-refractivity contribution is 5.96. The summed E-state index contributed by atoms with van der Waals surface area (Å²) in [5.74, 6) is 0.784. The van der Waals surface area contributed by atoms with E-state index in [1.165, 1.54) is 0 Å². The van der Waals surface area contributed by atoms with Crippen molar-refractivity contribution in [1.82, 2.24) is 0 Å². The van der Waals surface area contributed by atoms with E-state index in [0.29, 0.717) is 6.61 Å². The van der Waals surface area contributed by atoms with Gasteiger partial charge >= 0.3 is 0 Å². The van der Waals surface area contributed by atoms with Crippen molar-refractivity contribution in [3.05, 3.63) is 48.9 Å². The Hall–Kier alpha value is -1.57. The number of ether oxygens (including phenoxy) is 1. The van der Waals surface area contributed by atoms with Crippen LogP contribution < -0.4 is 0 Å². The first-order chi connectivity index (χ1) is 7.15. The molecule has 0 spiro atoms. The summed E-state index contributed by atoms with van der Waals surface area (Å²) in [6.45, 7) is 13.5. The second kappa shape index (κ2) is 7.80. The van der Waals surface area contributed by atoms with E-state index >= 15 is 0 Å². The second-order valence-corrected chi connectivity index (χ2v) is 2.99. The van der Waals surface area contributed by atoms with E-state index in [0.717, 1.165) is 17.2 Å². The molecule has 82 valence electrons. The van der Waals surface area contributed by atoms with Gasteiger partial charge in [-0.05, 0) is 32.9 Å². The average molecular weight is 205 g/mol. The summed E-state index contributed by atoms with van der Waals surface area (Å²) in [6.07, 6.45) is 7.17. The molecule has 2 heteroatoms. The molecule has 0 rings (SSSR count). The molecule has 0 unspecified atom stereocenters. The van der Waals surface area contributed by atoms with Crippen LogP contribution in [-0.4, -0.2) is 12.3 Å². The van der Waals surface area contributed by atoms with Crippen molar-refractivity contribution in [3.8, 4) is 0 Å². The van der Waals surface area contributed by atoms with E-state index in [9.17, 15) is 0 Å². The van der Waals surface area contributed by atoms with Crippen LogP contribution in [-0.2, 0) is 4.74 Å². The first-order valence-electron chi connectivity index (χ1n) is 4.90. The molecule has 0 aliphatic carbocycles. The normalized spacial score (nSPS) is 13.7. The molecule has 0 aliphatic rings. The molecule has 0 heterocycles. The lowest BCUT2D eigenvalue weighted by Gasteiger charge is -2.07. The minimum absolute atomic E-state index is 0.497. The van der Waals surface area contributed by atoms with Crippen LogP contribution in [0.5, 0.6) is 0 Å². The Morgan fingerprint density at radius 1 is 1.33 bits per heavy atom. The van der Waals surface area contributed by atoms with E-state index in [1.807, 2.05) is 32.9 Å². The highest BCUT2D eigenvalue weighted by Crippen LogP contribution is 2.05. The van der Waals surface area contributed by atoms with Crippen LogP contribution in [0, 0.1) is 0 Å². The summed E-state index contributed by atoms with van der Waals surface area (Å²) in [5.41, 5.74) is 1.76. The van der Waals surface area contributed by atoms with Crippen molar-refractivity contribution < 1.29 is 4.74 Å². The van der Waals surface area contributed by atoms with Crippen LogP contribution in [0.1, 0.15) is 20.8 Å². The standard InChI is InChI=1S/C13H19NO/c1-6-9-11(4)14-12(5)13(8-3)15-10-7-2/h6-9H,1-2,10H2,3-5H3/b11-9+,13-8+,14-12+. The molecule has 0 saturated carbocycles. The molecule has 0 radical (unpaired) electrons. The van der Waals surface area contributed by atoms with Gasteiger partial charge in [0.1, 0.15) is 12.4 Å². The van der Waals surface area contributed by atoms with E-state index in [1.54, 1.807) is 12.2 Å². The molecule has 0 aromatic rings. The SMILES string of the molecule is C=C/C=C(C)/N=C(C)/C(=C\C)OCC=C. The van der Waals surface area contributed by atoms with Gasteiger partial charge in [-0.1, -0.05) is 25.3 Å². The number of allylic oxidation sites excluding steroid dienone is 5. The fourth-order valence-electron chi connectivity index (χ4n) is 1.07. The van der Waals surface area contributed by atoms with Gasteiger partial charge in [0.15, 0.2) is 0 Å². The third-order valence-electron chi connectivity index (χ3n) is 1.68. The largest absolute Gasteiger partial charge is 0.488 e. The van der Waals surface area contributed by atoms with Gasteiger partial charge in [0, 0.05) is 5.70 Å². The quantitative estimate of drug-likeness (QED) is 0.281. The minimum atomic E-state index is 0.497. The number of hydrogen-bond donors (Lipinski definition) is 0. The monoisotopic (exact) mass is 205 g/mol. The van der Waals surface area contributed by atoms with Gasteiger partial charge in [0.25, 0.3) is 0 Å². The summed E-state index contributed by atoms with van der Waals surface area (Å²) in [6, 6.07) is 0. The molecule has 0 fully saturated rings. The fourth-order valence-corrected chi connectivity index (χ4v) is 1.07. The Bertz CT molecular complexity index is 308. The summed E-state index contributed by atoms with van der Waals surface area (Å²) >= 11 is 0. The molecule has 0 saturated heterocycles. The number of rotatable bonds is 6. The third-order valence-corrected chi connectivity index (χ3v) is 1.68. The van der Waals surface area contributed by atoms with Crippen LogP contribution in [0.3, 0.4) is 0 Å². The minimum Gasteiger partial charge on any atom is -0.488 e. The highest BCUT2D eigenvalue weighted by atomic mass is 16.5. The lowest BCUT2D eigenvalue weighted by Crippen LogP contribution is -2.02. The first-order valence-corrected chi connectivity index (χ1v) is 4.90. The molecule has 0 aliphatic heterocycles. The van der Waals surface area contributed by atoms with Crippen molar-refractivity contribution in [2.75, 3.05) is 6.61 Å². The molecule has 2 nitrogen and oxygen atoms in total. The molecule has 0 N–H and O–H groups in total. The Morgan fingerprint density at radius 3 is 2.47 bits per heavy atom. The Morgan fingerprint density at radius 2 is 2.00 bits per heavy atom. The van der Waals surface area contributed by atoms with E-state index < -0.39 is 0 Å². The maximum absolute atomic E-state index is 5.44. The number of nitrogens with zero attached hydrogens (tertiary/aromatic N) is 1. The highest BCUT2D eigenvalue weighted by Gasteiger charge is 2.00. The summed E-state index contributed by atoms with van der Waals surface area (Å²) in [4.78, 5) is 4.37. The van der Waals surface area contributed by atoms with Crippen molar-refractivity contribution in [3.63, 3.8) is 0 Å². The predicted molar refractivity (Wildman–Crippen MR) is 67.0 cm³/mol. The van der Waals surface area contributed by atoms with Gasteiger partial charge in [-0.3, -0.25) is 4.99 Å². The zero-order valence-electron chi connectivity index (χ0n) is 9.79. The van der Waals surface area contributed by atoms with Crippen molar-refractivity contribution in [1.29, 1.82) is 0 Å². The van der Waals surface area contributed by atoms with Gasteiger partial charge in [-0.25, -0.2) is 0 Å². The third kappa shape index (κ3) is 5.68. The zero-order chi connectivity index (χ0) is 11.7. The molecular formula is C13H19NO. The van der Waals surface area contributed by atoms with Gasteiger partial charge in [-0.2, -0.15) is 0 Å². The summed E-state index contributed by atoms with van der Waals surface area (Å²) < 4.78 is 5.44. The van der Waals surface area contributed by atoms with Crippen LogP contribution in [0.25, 0.3) is 0 Å². The molecule has 0 aromatic carbocycles. The number of aliphatic imine (C=N–C) groups is 1.